The SMILES string of the molecule is C/C=C/CCNC(C)c1ccc(CC(C)C)cc1. The first-order valence-electron chi connectivity index (χ1n) is 7.07. The highest BCUT2D eigenvalue weighted by atomic mass is 14.9. The standard InChI is InChI=1S/C17H27N/c1-5-6-7-12-18-15(4)17-10-8-16(9-11-17)13-14(2)3/h5-6,8-11,14-15,18H,7,12-13H2,1-4H3/b6-5+. The van der Waals surface area contributed by atoms with E-state index >= 15 is 0 Å². The van der Waals surface area contributed by atoms with Gasteiger partial charge in [0.05, 0.1) is 0 Å². The summed E-state index contributed by atoms with van der Waals surface area (Å²) in [7, 11) is 0. The average Bonchev–Trinajstić information content (AvgIpc) is 2.34. The van der Waals surface area contributed by atoms with E-state index in [0.717, 1.165) is 18.9 Å². The zero-order valence-corrected chi connectivity index (χ0v) is 12.2. The monoisotopic (exact) mass is 245 g/mol. The van der Waals surface area contributed by atoms with Crippen molar-refractivity contribution in [2.75, 3.05) is 6.54 Å². The van der Waals surface area contributed by atoms with Crippen LogP contribution in [0.5, 0.6) is 0 Å². The van der Waals surface area contributed by atoms with Gasteiger partial charge in [-0.05, 0) is 50.3 Å². The van der Waals surface area contributed by atoms with Crippen LogP contribution < -0.4 is 5.32 Å². The smallest absolute Gasteiger partial charge is 0.0291 e. The van der Waals surface area contributed by atoms with Crippen LogP contribution in [0.15, 0.2) is 36.4 Å². The summed E-state index contributed by atoms with van der Waals surface area (Å²) in [4.78, 5) is 0. The quantitative estimate of drug-likeness (QED) is 0.551. The Kier molecular flexibility index (Phi) is 6.74. The lowest BCUT2D eigenvalue weighted by atomic mass is 10.00. The molecule has 0 radical (unpaired) electrons. The molecule has 100 valence electrons. The minimum atomic E-state index is 0.434. The first-order valence-corrected chi connectivity index (χ1v) is 7.07. The van der Waals surface area contributed by atoms with Crippen molar-refractivity contribution in [3.8, 4) is 0 Å². The number of rotatable bonds is 7. The van der Waals surface area contributed by atoms with Crippen molar-refractivity contribution in [2.45, 2.75) is 46.6 Å². The lowest BCUT2D eigenvalue weighted by Crippen LogP contribution is -2.19. The van der Waals surface area contributed by atoms with E-state index in [1.807, 2.05) is 0 Å². The van der Waals surface area contributed by atoms with Crippen LogP contribution in [0.4, 0.5) is 0 Å². The van der Waals surface area contributed by atoms with E-state index in [9.17, 15) is 0 Å². The van der Waals surface area contributed by atoms with Crippen molar-refractivity contribution < 1.29 is 0 Å². The Morgan fingerprint density at radius 2 is 1.78 bits per heavy atom. The average molecular weight is 245 g/mol. The molecule has 0 heterocycles. The second-order valence-electron chi connectivity index (χ2n) is 5.37. The van der Waals surface area contributed by atoms with Gasteiger partial charge in [0.1, 0.15) is 0 Å². The van der Waals surface area contributed by atoms with Crippen LogP contribution in [0.1, 0.15) is 51.3 Å². The number of hydrogen-bond acceptors (Lipinski definition) is 1. The van der Waals surface area contributed by atoms with Gasteiger partial charge < -0.3 is 5.32 Å². The first-order chi connectivity index (χ1) is 8.63. The van der Waals surface area contributed by atoms with E-state index < -0.39 is 0 Å². The van der Waals surface area contributed by atoms with E-state index in [1.165, 1.54) is 17.5 Å². The molecule has 1 nitrogen and oxygen atoms in total. The summed E-state index contributed by atoms with van der Waals surface area (Å²) in [6, 6.07) is 9.47. The van der Waals surface area contributed by atoms with Crippen LogP contribution in [0.3, 0.4) is 0 Å². The van der Waals surface area contributed by atoms with Crippen LogP contribution >= 0.6 is 0 Å². The largest absolute Gasteiger partial charge is 0.310 e. The van der Waals surface area contributed by atoms with E-state index in [0.29, 0.717) is 6.04 Å². The maximum Gasteiger partial charge on any atom is 0.0291 e. The number of hydrogen-bond donors (Lipinski definition) is 1. The highest BCUT2D eigenvalue weighted by molar-refractivity contribution is 5.25. The lowest BCUT2D eigenvalue weighted by Gasteiger charge is -2.14. The predicted molar refractivity (Wildman–Crippen MR) is 80.8 cm³/mol. The Bertz CT molecular complexity index is 348. The Morgan fingerprint density at radius 3 is 2.33 bits per heavy atom. The number of benzene rings is 1. The van der Waals surface area contributed by atoms with Crippen molar-refractivity contribution in [2.24, 2.45) is 5.92 Å². The summed E-state index contributed by atoms with van der Waals surface area (Å²) in [6.45, 7) is 9.86. The molecule has 0 fully saturated rings. The fourth-order valence-electron chi connectivity index (χ4n) is 2.08. The van der Waals surface area contributed by atoms with Gasteiger partial charge in [0.25, 0.3) is 0 Å². The first kappa shape index (κ1) is 15.0. The van der Waals surface area contributed by atoms with E-state index in [4.69, 9.17) is 0 Å². The van der Waals surface area contributed by atoms with Crippen LogP contribution in [-0.4, -0.2) is 6.54 Å². The van der Waals surface area contributed by atoms with Gasteiger partial charge in [-0.25, -0.2) is 0 Å². The molecule has 1 aromatic carbocycles. The van der Waals surface area contributed by atoms with E-state index in [1.54, 1.807) is 0 Å². The molecule has 0 aliphatic carbocycles. The third-order valence-electron chi connectivity index (χ3n) is 3.12. The molecule has 0 bridgehead atoms. The van der Waals surface area contributed by atoms with Gasteiger partial charge in [0, 0.05) is 6.04 Å². The van der Waals surface area contributed by atoms with Gasteiger partial charge in [-0.3, -0.25) is 0 Å². The lowest BCUT2D eigenvalue weighted by molar-refractivity contribution is 0.580. The van der Waals surface area contributed by atoms with Gasteiger partial charge in [-0.2, -0.15) is 0 Å². The van der Waals surface area contributed by atoms with Crippen LogP contribution in [0, 0.1) is 5.92 Å². The van der Waals surface area contributed by atoms with E-state index in [2.05, 4.69) is 69.4 Å². The van der Waals surface area contributed by atoms with Gasteiger partial charge in [0.15, 0.2) is 0 Å². The van der Waals surface area contributed by atoms with Crippen molar-refractivity contribution in [3.63, 3.8) is 0 Å². The molecule has 1 aromatic rings. The Morgan fingerprint density at radius 1 is 1.11 bits per heavy atom. The molecule has 18 heavy (non-hydrogen) atoms. The molecule has 1 heteroatoms. The number of nitrogens with one attached hydrogen (secondary N) is 1. The van der Waals surface area contributed by atoms with Gasteiger partial charge in [-0.15, -0.1) is 0 Å². The summed E-state index contributed by atoms with van der Waals surface area (Å²) in [5.41, 5.74) is 2.82. The molecule has 0 aromatic heterocycles. The third kappa shape index (κ3) is 5.50. The van der Waals surface area contributed by atoms with Crippen LogP contribution in [0.2, 0.25) is 0 Å². The van der Waals surface area contributed by atoms with Crippen LogP contribution in [0.25, 0.3) is 0 Å². The third-order valence-corrected chi connectivity index (χ3v) is 3.12. The fraction of sp³-hybridized carbons (Fsp3) is 0.529. The second-order valence-corrected chi connectivity index (χ2v) is 5.37. The molecule has 0 saturated carbocycles. The zero-order valence-electron chi connectivity index (χ0n) is 12.2. The topological polar surface area (TPSA) is 12.0 Å². The fourth-order valence-corrected chi connectivity index (χ4v) is 2.08. The minimum Gasteiger partial charge on any atom is -0.310 e. The molecular weight excluding hydrogens is 218 g/mol. The van der Waals surface area contributed by atoms with Gasteiger partial charge in [-0.1, -0.05) is 50.3 Å². The zero-order chi connectivity index (χ0) is 13.4. The molecular formula is C17H27N. The molecule has 1 atom stereocenters. The maximum atomic E-state index is 3.54. The summed E-state index contributed by atoms with van der Waals surface area (Å²) in [5.74, 6) is 0.729. The molecule has 0 spiro atoms. The van der Waals surface area contributed by atoms with Gasteiger partial charge >= 0.3 is 0 Å². The maximum absolute atomic E-state index is 3.54. The van der Waals surface area contributed by atoms with Crippen LogP contribution in [-0.2, 0) is 6.42 Å². The van der Waals surface area contributed by atoms with Crippen molar-refractivity contribution in [3.05, 3.63) is 47.5 Å². The summed E-state index contributed by atoms with van der Waals surface area (Å²) in [5, 5.41) is 3.54. The predicted octanol–water partition coefficient (Wildman–Crippen LogP) is 4.50. The van der Waals surface area contributed by atoms with Crippen molar-refractivity contribution in [1.82, 2.24) is 5.32 Å². The van der Waals surface area contributed by atoms with Crippen molar-refractivity contribution >= 4 is 0 Å². The molecule has 1 unspecified atom stereocenters. The highest BCUT2D eigenvalue weighted by Crippen LogP contribution is 2.15. The summed E-state index contributed by atoms with van der Waals surface area (Å²) in [6.07, 6.45) is 6.58. The van der Waals surface area contributed by atoms with Gasteiger partial charge in [0.2, 0.25) is 0 Å². The molecule has 0 aliphatic heterocycles. The Balaban J connectivity index is 2.45. The summed E-state index contributed by atoms with van der Waals surface area (Å²) >= 11 is 0. The second kappa shape index (κ2) is 8.10. The molecule has 0 saturated heterocycles. The number of allylic oxidation sites excluding steroid dienone is 1. The Hall–Kier alpha value is -1.08. The molecule has 0 amide bonds. The molecule has 1 N–H and O–H groups in total. The van der Waals surface area contributed by atoms with Crippen molar-refractivity contribution in [1.29, 1.82) is 0 Å². The highest BCUT2D eigenvalue weighted by Gasteiger charge is 2.04. The summed E-state index contributed by atoms with van der Waals surface area (Å²) < 4.78 is 0. The minimum absolute atomic E-state index is 0.434. The molecule has 0 aliphatic rings. The Labute approximate surface area is 112 Å². The normalized spacial score (nSPS) is 13.4. The molecule has 1 rings (SSSR count). The van der Waals surface area contributed by atoms with E-state index in [-0.39, 0.29) is 0 Å².